The Labute approximate surface area is 380 Å². The lowest BCUT2D eigenvalue weighted by atomic mass is 9.12. The molecule has 8 rings (SSSR count). The molecule has 362 valence electrons. The van der Waals surface area contributed by atoms with Gasteiger partial charge < -0.3 is 0 Å². The molecule has 8 aromatic carbocycles. The van der Waals surface area contributed by atoms with Crippen LogP contribution >= 0.6 is 0 Å². The summed E-state index contributed by atoms with van der Waals surface area (Å²) in [6.07, 6.45) is -7.22. The molecule has 0 aliphatic carbocycles. The summed E-state index contributed by atoms with van der Waals surface area (Å²) in [5.41, 5.74) is -13.2. The van der Waals surface area contributed by atoms with E-state index < -0.39 is 154 Å². The monoisotopic (exact) mass is 1020 g/mol. The van der Waals surface area contributed by atoms with Gasteiger partial charge in [0.15, 0.2) is 89.5 Å². The SMILES string of the molecule is Fc1c(F)c(F)c([B-](c2c(F)c(F)c(F)c(F)c2F)(c2c(F)c(F)c(F)c(F)c2F)c2c(F)c(F)c(F)c(F)c2F)c(F)c1F.O=[S+](Cc1ccc2ccccc2c1)(c1ccccc1)c1ccccc1. The van der Waals surface area contributed by atoms with E-state index in [1.807, 2.05) is 72.8 Å². The summed E-state index contributed by atoms with van der Waals surface area (Å²) < 4.78 is 308. The number of hydrogen-bond donors (Lipinski definition) is 0. The van der Waals surface area contributed by atoms with Crippen molar-refractivity contribution in [2.75, 3.05) is 0 Å². The van der Waals surface area contributed by atoms with Gasteiger partial charge in [0, 0.05) is 5.56 Å². The van der Waals surface area contributed by atoms with Crippen molar-refractivity contribution in [3.63, 3.8) is 0 Å². The normalized spacial score (nSPS) is 11.8. The Kier molecular flexibility index (Phi) is 13.7. The van der Waals surface area contributed by atoms with E-state index in [0.717, 1.165) is 15.4 Å². The van der Waals surface area contributed by atoms with Gasteiger partial charge in [-0.05, 0) is 41.1 Å². The Balaban J connectivity index is 0.000000242. The molecule has 0 spiro atoms. The molecule has 0 aromatic heterocycles. The molecule has 0 unspecified atom stereocenters. The van der Waals surface area contributed by atoms with Crippen LogP contribution in [0, 0.1) is 116 Å². The first-order chi connectivity index (χ1) is 33.0. The van der Waals surface area contributed by atoms with Gasteiger partial charge in [0.25, 0.3) is 0 Å². The van der Waals surface area contributed by atoms with E-state index in [4.69, 9.17) is 0 Å². The smallest absolute Gasteiger partial charge is 0.200 e. The molecule has 1 nitrogen and oxygen atoms in total. The van der Waals surface area contributed by atoms with Crippen LogP contribution in [0.1, 0.15) is 5.56 Å². The number of benzene rings is 8. The van der Waals surface area contributed by atoms with Crippen molar-refractivity contribution in [1.82, 2.24) is 0 Å². The average molecular weight is 1020 g/mol. The Morgan fingerprint density at radius 1 is 0.286 bits per heavy atom. The van der Waals surface area contributed by atoms with Gasteiger partial charge in [0.1, 0.15) is 58.4 Å². The Bertz CT molecular complexity index is 3020. The lowest BCUT2D eigenvalue weighted by Gasteiger charge is -2.44. The Morgan fingerprint density at radius 2 is 0.529 bits per heavy atom. The van der Waals surface area contributed by atoms with Crippen LogP contribution in [0.2, 0.25) is 0 Å². The van der Waals surface area contributed by atoms with Gasteiger partial charge in [-0.1, -0.05) is 77.0 Å². The van der Waals surface area contributed by atoms with Gasteiger partial charge >= 0.3 is 0 Å². The first-order valence-corrected chi connectivity index (χ1v) is 21.0. The second-order valence-corrected chi connectivity index (χ2v) is 17.5. The zero-order valence-corrected chi connectivity index (χ0v) is 34.8. The van der Waals surface area contributed by atoms with Gasteiger partial charge in [0.2, 0.25) is 0 Å². The summed E-state index contributed by atoms with van der Waals surface area (Å²) in [7, 11) is -2.37. The fourth-order valence-electron chi connectivity index (χ4n) is 8.02. The van der Waals surface area contributed by atoms with Crippen LogP contribution in [0.3, 0.4) is 0 Å². The molecule has 0 atom stereocenters. The third-order valence-corrected chi connectivity index (χ3v) is 13.9. The van der Waals surface area contributed by atoms with Crippen molar-refractivity contribution < 1.29 is 92.0 Å². The van der Waals surface area contributed by atoms with E-state index in [-0.39, 0.29) is 0 Å². The van der Waals surface area contributed by atoms with Crippen LogP contribution < -0.4 is 21.9 Å². The number of rotatable bonds is 8. The van der Waals surface area contributed by atoms with E-state index in [2.05, 4.69) is 30.3 Å². The van der Waals surface area contributed by atoms with E-state index in [1.54, 1.807) is 0 Å². The lowest BCUT2D eigenvalue weighted by molar-refractivity contribution is 0.378. The van der Waals surface area contributed by atoms with Crippen LogP contribution in [0.15, 0.2) is 113 Å². The van der Waals surface area contributed by atoms with Gasteiger partial charge in [0.05, 0.1) is 0 Å². The van der Waals surface area contributed by atoms with Crippen molar-refractivity contribution in [3.05, 3.63) is 225 Å². The third kappa shape index (κ3) is 7.92. The molecule has 0 aliphatic heterocycles. The second kappa shape index (κ2) is 19.0. The molecule has 70 heavy (non-hydrogen) atoms. The molecule has 0 amide bonds. The molecule has 23 heteroatoms. The van der Waals surface area contributed by atoms with E-state index in [1.165, 1.54) is 10.8 Å². The quantitative estimate of drug-likeness (QED) is 0.0487. The fraction of sp³-hybridized carbons (Fsp3) is 0.0213. The molecule has 0 fully saturated rings. The molecule has 0 heterocycles. The summed E-state index contributed by atoms with van der Waals surface area (Å²) in [6.45, 7) is 0. The minimum atomic E-state index is -7.22. The maximum Gasteiger partial charge on any atom is 0.200 e. The molecule has 0 aliphatic rings. The van der Waals surface area contributed by atoms with Crippen LogP contribution in [0.4, 0.5) is 87.8 Å². The molecule has 0 radical (unpaired) electrons. The largest absolute Gasteiger partial charge is 0.207 e. The zero-order chi connectivity index (χ0) is 51.5. The third-order valence-electron chi connectivity index (χ3n) is 11.1. The van der Waals surface area contributed by atoms with Crippen molar-refractivity contribution >= 4 is 48.7 Å². The predicted molar refractivity (Wildman–Crippen MR) is 214 cm³/mol. The lowest BCUT2D eigenvalue weighted by Crippen LogP contribution is -2.81. The first-order valence-electron chi connectivity index (χ1n) is 19.3. The topological polar surface area (TPSA) is 17.1 Å². The van der Waals surface area contributed by atoms with Crippen LogP contribution in [-0.4, -0.2) is 6.15 Å². The molecule has 0 saturated heterocycles. The molecule has 0 saturated carbocycles. The van der Waals surface area contributed by atoms with Gasteiger partial charge in [-0.2, -0.15) is 0 Å². The van der Waals surface area contributed by atoms with Gasteiger partial charge in [-0.3, -0.25) is 0 Å². The molecule has 8 aromatic rings. The fourth-order valence-corrected chi connectivity index (χ4v) is 10.5. The highest BCUT2D eigenvalue weighted by Gasteiger charge is 2.52. The molecular formula is C47H19BF20OS. The van der Waals surface area contributed by atoms with Crippen molar-refractivity contribution in [2.24, 2.45) is 0 Å². The average Bonchev–Trinajstić information content (AvgIpc) is 3.36. The summed E-state index contributed by atoms with van der Waals surface area (Å²) in [6, 6.07) is 34.3. The minimum Gasteiger partial charge on any atom is -0.207 e. The zero-order valence-electron chi connectivity index (χ0n) is 34.0. The number of hydrogen-bond acceptors (Lipinski definition) is 1. The minimum absolute atomic E-state index is 0.506. The highest BCUT2D eigenvalue weighted by molar-refractivity contribution is 8.02. The Morgan fingerprint density at radius 3 is 0.814 bits per heavy atom. The highest BCUT2D eigenvalue weighted by atomic mass is 32.2. The predicted octanol–water partition coefficient (Wildman–Crippen LogP) is 11.8. The summed E-state index contributed by atoms with van der Waals surface area (Å²) >= 11 is 0. The standard InChI is InChI=1S/C24BF20.C23H19OS/c26-5-1(6(27)14(35)21(42)13(5)34)25(2-7(28)15(36)22(43)16(37)8(2)29,3-9(30)17(38)23(44)18(39)10(3)31)4-11(32)19(40)24(45)20(41)12(4)33;24-25(22-11-3-1-4-12-22,23-13-5-2-6-14-23)18-19-15-16-20-9-7-8-10-21(20)17-19/h;1-17H,18H2/q-1;+1. The van der Waals surface area contributed by atoms with E-state index >= 15 is 35.1 Å². The van der Waals surface area contributed by atoms with Crippen LogP contribution in [-0.2, 0) is 19.9 Å². The van der Waals surface area contributed by atoms with E-state index in [9.17, 15) is 56.9 Å². The number of fused-ring (bicyclic) bond motifs is 1. The maximum absolute atomic E-state index is 15.4. The van der Waals surface area contributed by atoms with Gasteiger partial charge in [-0.25, -0.2) is 87.8 Å². The summed E-state index contributed by atoms with van der Waals surface area (Å²) in [5, 5.41) is 2.39. The first kappa shape index (κ1) is 50.7. The summed E-state index contributed by atoms with van der Waals surface area (Å²) in [4.78, 5) is 1.77. The summed E-state index contributed by atoms with van der Waals surface area (Å²) in [5.74, 6) is -70.9. The highest BCUT2D eigenvalue weighted by Crippen LogP contribution is 2.34. The molecule has 0 bridgehead atoms. The maximum atomic E-state index is 15.4. The van der Waals surface area contributed by atoms with Crippen molar-refractivity contribution in [2.45, 2.75) is 15.5 Å². The Hall–Kier alpha value is -7.17. The second-order valence-electron chi connectivity index (χ2n) is 14.9. The van der Waals surface area contributed by atoms with Gasteiger partial charge in [-0.15, -0.1) is 21.9 Å². The number of halogens is 20. The molecule has 0 N–H and O–H groups in total. The van der Waals surface area contributed by atoms with Crippen LogP contribution in [0.5, 0.6) is 0 Å². The molecular weight excluding hydrogens is 1000 g/mol. The van der Waals surface area contributed by atoms with Crippen molar-refractivity contribution in [1.29, 1.82) is 0 Å². The van der Waals surface area contributed by atoms with Crippen molar-refractivity contribution in [3.8, 4) is 0 Å². The van der Waals surface area contributed by atoms with Crippen LogP contribution in [0.25, 0.3) is 10.8 Å². The van der Waals surface area contributed by atoms with E-state index in [0.29, 0.717) is 5.75 Å².